The molecule has 1 saturated carbocycles. The minimum absolute atomic E-state index is 0.0225. The number of benzene rings is 1. The standard InChI is InChI=1S/C12H17N3O/c1-15(12(16)14-10-6-7-10)8-9-4-2-3-5-11(9)13/h2-5,10H,6-8,13H2,1H3,(H,14,16). The molecule has 0 atom stereocenters. The van der Waals surface area contributed by atoms with E-state index in [-0.39, 0.29) is 6.03 Å². The van der Waals surface area contributed by atoms with Gasteiger partial charge in [-0.05, 0) is 24.5 Å². The number of nitrogens with one attached hydrogen (secondary N) is 1. The van der Waals surface area contributed by atoms with Crippen LogP contribution in [0.1, 0.15) is 18.4 Å². The van der Waals surface area contributed by atoms with Crippen LogP contribution in [-0.2, 0) is 6.54 Å². The second-order valence-corrected chi connectivity index (χ2v) is 4.28. The van der Waals surface area contributed by atoms with Gasteiger partial charge in [0.25, 0.3) is 0 Å². The average Bonchev–Trinajstić information content (AvgIpc) is 3.05. The molecule has 0 bridgehead atoms. The first-order valence-corrected chi connectivity index (χ1v) is 5.52. The van der Waals surface area contributed by atoms with Crippen LogP contribution in [0.25, 0.3) is 0 Å². The second-order valence-electron chi connectivity index (χ2n) is 4.28. The monoisotopic (exact) mass is 219 g/mol. The predicted octanol–water partition coefficient (Wildman–Crippen LogP) is 1.57. The number of rotatable bonds is 3. The maximum atomic E-state index is 11.7. The van der Waals surface area contributed by atoms with Crippen molar-refractivity contribution in [2.75, 3.05) is 12.8 Å². The van der Waals surface area contributed by atoms with Crippen molar-refractivity contribution in [1.29, 1.82) is 0 Å². The number of carbonyl (C=O) groups is 1. The van der Waals surface area contributed by atoms with E-state index >= 15 is 0 Å². The number of amides is 2. The normalized spacial score (nSPS) is 14.6. The number of hydrogen-bond donors (Lipinski definition) is 2. The molecule has 2 amide bonds. The fourth-order valence-corrected chi connectivity index (χ4v) is 1.52. The molecule has 0 aromatic heterocycles. The first-order valence-electron chi connectivity index (χ1n) is 5.52. The summed E-state index contributed by atoms with van der Waals surface area (Å²) in [4.78, 5) is 13.3. The molecule has 2 rings (SSSR count). The third-order valence-corrected chi connectivity index (χ3v) is 2.71. The van der Waals surface area contributed by atoms with Gasteiger partial charge in [0.2, 0.25) is 0 Å². The molecule has 0 aliphatic heterocycles. The van der Waals surface area contributed by atoms with E-state index in [2.05, 4.69) is 5.32 Å². The zero-order valence-electron chi connectivity index (χ0n) is 9.44. The highest BCUT2D eigenvalue weighted by Gasteiger charge is 2.24. The largest absolute Gasteiger partial charge is 0.398 e. The van der Waals surface area contributed by atoms with Gasteiger partial charge in [0, 0.05) is 25.3 Å². The molecule has 0 saturated heterocycles. The summed E-state index contributed by atoms with van der Waals surface area (Å²) in [5.74, 6) is 0. The SMILES string of the molecule is CN(Cc1ccccc1N)C(=O)NC1CC1. The van der Waals surface area contributed by atoms with E-state index in [0.717, 1.165) is 24.1 Å². The summed E-state index contributed by atoms with van der Waals surface area (Å²) in [6, 6.07) is 7.98. The number of nitrogens with zero attached hydrogens (tertiary/aromatic N) is 1. The quantitative estimate of drug-likeness (QED) is 0.758. The number of hydrogen-bond acceptors (Lipinski definition) is 2. The van der Waals surface area contributed by atoms with E-state index in [4.69, 9.17) is 5.73 Å². The van der Waals surface area contributed by atoms with Crippen LogP contribution in [0.3, 0.4) is 0 Å². The Labute approximate surface area is 95.4 Å². The Morgan fingerprint density at radius 3 is 2.81 bits per heavy atom. The number of para-hydroxylation sites is 1. The lowest BCUT2D eigenvalue weighted by atomic mass is 10.2. The Hall–Kier alpha value is -1.71. The van der Waals surface area contributed by atoms with Crippen molar-refractivity contribution in [3.8, 4) is 0 Å². The molecule has 0 spiro atoms. The summed E-state index contributed by atoms with van der Waals surface area (Å²) < 4.78 is 0. The van der Waals surface area contributed by atoms with Gasteiger partial charge in [0.1, 0.15) is 0 Å². The zero-order chi connectivity index (χ0) is 11.5. The van der Waals surface area contributed by atoms with Gasteiger partial charge in [-0.2, -0.15) is 0 Å². The Morgan fingerprint density at radius 2 is 2.19 bits per heavy atom. The topological polar surface area (TPSA) is 58.4 Å². The number of nitrogens with two attached hydrogens (primary N) is 1. The van der Waals surface area contributed by atoms with Crippen molar-refractivity contribution >= 4 is 11.7 Å². The summed E-state index contributed by atoms with van der Waals surface area (Å²) in [6.07, 6.45) is 2.21. The Bertz CT molecular complexity index is 388. The molecule has 1 aromatic rings. The third kappa shape index (κ3) is 2.66. The Morgan fingerprint density at radius 1 is 1.50 bits per heavy atom. The van der Waals surface area contributed by atoms with Gasteiger partial charge in [-0.3, -0.25) is 0 Å². The predicted molar refractivity (Wildman–Crippen MR) is 63.9 cm³/mol. The fraction of sp³-hybridized carbons (Fsp3) is 0.417. The van der Waals surface area contributed by atoms with E-state index < -0.39 is 0 Å². The minimum Gasteiger partial charge on any atom is -0.398 e. The van der Waals surface area contributed by atoms with Gasteiger partial charge in [0.15, 0.2) is 0 Å². The van der Waals surface area contributed by atoms with Crippen LogP contribution < -0.4 is 11.1 Å². The summed E-state index contributed by atoms with van der Waals surface area (Å²) in [5.41, 5.74) is 7.54. The molecule has 4 heteroatoms. The maximum Gasteiger partial charge on any atom is 0.317 e. The van der Waals surface area contributed by atoms with E-state index in [9.17, 15) is 4.79 Å². The minimum atomic E-state index is -0.0225. The number of carbonyl (C=O) groups excluding carboxylic acids is 1. The van der Waals surface area contributed by atoms with Crippen LogP contribution in [0, 0.1) is 0 Å². The highest BCUT2D eigenvalue weighted by atomic mass is 16.2. The molecule has 16 heavy (non-hydrogen) atoms. The van der Waals surface area contributed by atoms with Gasteiger partial charge in [-0.25, -0.2) is 4.79 Å². The van der Waals surface area contributed by atoms with Crippen molar-refractivity contribution < 1.29 is 4.79 Å². The van der Waals surface area contributed by atoms with Crippen LogP contribution in [0.15, 0.2) is 24.3 Å². The first kappa shape index (κ1) is 10.8. The molecule has 1 aromatic carbocycles. The number of nitrogen functional groups attached to an aromatic ring is 1. The molecular weight excluding hydrogens is 202 g/mol. The van der Waals surface area contributed by atoms with Crippen molar-refractivity contribution in [3.63, 3.8) is 0 Å². The highest BCUT2D eigenvalue weighted by molar-refractivity contribution is 5.74. The molecule has 0 radical (unpaired) electrons. The zero-order valence-corrected chi connectivity index (χ0v) is 9.44. The van der Waals surface area contributed by atoms with Crippen molar-refractivity contribution in [2.45, 2.75) is 25.4 Å². The summed E-state index contributed by atoms with van der Waals surface area (Å²) in [5, 5.41) is 2.94. The molecule has 1 aliphatic rings. The highest BCUT2D eigenvalue weighted by Crippen LogP contribution is 2.19. The molecule has 0 unspecified atom stereocenters. The van der Waals surface area contributed by atoms with E-state index in [0.29, 0.717) is 12.6 Å². The molecule has 1 aliphatic carbocycles. The Balaban J connectivity index is 1.92. The van der Waals surface area contributed by atoms with Gasteiger partial charge in [-0.1, -0.05) is 18.2 Å². The van der Waals surface area contributed by atoms with Crippen LogP contribution in [0.4, 0.5) is 10.5 Å². The maximum absolute atomic E-state index is 11.7. The van der Waals surface area contributed by atoms with E-state index in [1.165, 1.54) is 0 Å². The Kier molecular flexibility index (Phi) is 2.99. The van der Waals surface area contributed by atoms with Crippen molar-refractivity contribution in [3.05, 3.63) is 29.8 Å². The molecule has 1 fully saturated rings. The van der Waals surface area contributed by atoms with Crippen LogP contribution in [-0.4, -0.2) is 24.0 Å². The summed E-state index contributed by atoms with van der Waals surface area (Å²) in [7, 11) is 1.78. The smallest absolute Gasteiger partial charge is 0.317 e. The molecule has 4 nitrogen and oxygen atoms in total. The number of anilines is 1. The first-order chi connectivity index (χ1) is 7.66. The van der Waals surface area contributed by atoms with Gasteiger partial charge >= 0.3 is 6.03 Å². The molecular formula is C12H17N3O. The van der Waals surface area contributed by atoms with E-state index in [1.807, 2.05) is 24.3 Å². The van der Waals surface area contributed by atoms with Crippen LogP contribution >= 0.6 is 0 Å². The van der Waals surface area contributed by atoms with Crippen molar-refractivity contribution in [2.24, 2.45) is 0 Å². The lowest BCUT2D eigenvalue weighted by molar-refractivity contribution is 0.206. The van der Waals surface area contributed by atoms with Crippen LogP contribution in [0.5, 0.6) is 0 Å². The average molecular weight is 219 g/mol. The molecule has 86 valence electrons. The fourth-order valence-electron chi connectivity index (χ4n) is 1.52. The number of urea groups is 1. The second kappa shape index (κ2) is 4.43. The lowest BCUT2D eigenvalue weighted by Crippen LogP contribution is -2.38. The van der Waals surface area contributed by atoms with E-state index in [1.54, 1.807) is 11.9 Å². The lowest BCUT2D eigenvalue weighted by Gasteiger charge is -2.18. The molecule has 3 N–H and O–H groups in total. The molecule has 0 heterocycles. The summed E-state index contributed by atoms with van der Waals surface area (Å²) in [6.45, 7) is 0.547. The summed E-state index contributed by atoms with van der Waals surface area (Å²) >= 11 is 0. The van der Waals surface area contributed by atoms with Gasteiger partial charge in [0.05, 0.1) is 0 Å². The third-order valence-electron chi connectivity index (χ3n) is 2.71. The van der Waals surface area contributed by atoms with Gasteiger partial charge < -0.3 is 16.0 Å². The van der Waals surface area contributed by atoms with Gasteiger partial charge in [-0.15, -0.1) is 0 Å². The van der Waals surface area contributed by atoms with Crippen LogP contribution in [0.2, 0.25) is 0 Å². The van der Waals surface area contributed by atoms with Crippen molar-refractivity contribution in [1.82, 2.24) is 10.2 Å².